The van der Waals surface area contributed by atoms with Crippen molar-refractivity contribution in [2.75, 3.05) is 15.8 Å². The standard InChI is InChI=1S/C23H21F2N5OS/c24-17-9-14(10-18(25)20(17)30-32-12-23(4-5-23)6-7-26)16-11-19(29-22(31)13-1-2-13)28-21-15(16)3-8-27-21/h3,8-11,13,30H,1-2,4-6,12H2,(H2,27,28,29,31). The topological polar surface area (TPSA) is 93.6 Å². The third kappa shape index (κ3) is 4.15. The Morgan fingerprint density at radius 3 is 2.69 bits per heavy atom. The van der Waals surface area contributed by atoms with Crippen molar-refractivity contribution in [2.24, 2.45) is 11.3 Å². The molecule has 5 rings (SSSR count). The fraction of sp³-hybridized carbons (Fsp3) is 0.348. The largest absolute Gasteiger partial charge is 0.346 e. The summed E-state index contributed by atoms with van der Waals surface area (Å²) in [4.78, 5) is 19.6. The maximum Gasteiger partial charge on any atom is 0.228 e. The molecule has 0 spiro atoms. The van der Waals surface area contributed by atoms with Crippen LogP contribution in [0, 0.1) is 34.3 Å². The predicted molar refractivity (Wildman–Crippen MR) is 121 cm³/mol. The number of halogens is 2. The number of hydrogen-bond donors (Lipinski definition) is 3. The van der Waals surface area contributed by atoms with E-state index in [4.69, 9.17) is 5.26 Å². The second-order valence-electron chi connectivity index (χ2n) is 8.60. The Kier molecular flexibility index (Phi) is 5.25. The lowest BCUT2D eigenvalue weighted by Gasteiger charge is -2.14. The number of carbonyl (C=O) groups is 1. The van der Waals surface area contributed by atoms with Gasteiger partial charge in [-0.1, -0.05) is 11.9 Å². The minimum absolute atomic E-state index is 0.0141. The zero-order valence-electron chi connectivity index (χ0n) is 17.2. The van der Waals surface area contributed by atoms with E-state index in [2.05, 4.69) is 26.1 Å². The average Bonchev–Trinajstić information content (AvgIpc) is 3.68. The van der Waals surface area contributed by atoms with Crippen LogP contribution in [0.25, 0.3) is 22.2 Å². The van der Waals surface area contributed by atoms with Crippen LogP contribution in [0.5, 0.6) is 0 Å². The van der Waals surface area contributed by atoms with Crippen LogP contribution in [-0.4, -0.2) is 21.6 Å². The van der Waals surface area contributed by atoms with E-state index in [-0.39, 0.29) is 22.9 Å². The van der Waals surface area contributed by atoms with Gasteiger partial charge in [0, 0.05) is 29.7 Å². The zero-order chi connectivity index (χ0) is 22.3. The molecule has 0 atom stereocenters. The van der Waals surface area contributed by atoms with Crippen LogP contribution in [0.15, 0.2) is 30.5 Å². The van der Waals surface area contributed by atoms with Crippen LogP contribution in [0.2, 0.25) is 0 Å². The molecule has 3 aromatic rings. The molecule has 2 aliphatic carbocycles. The molecule has 0 aliphatic heterocycles. The van der Waals surface area contributed by atoms with Crippen molar-refractivity contribution in [3.05, 3.63) is 42.1 Å². The average molecular weight is 454 g/mol. The number of fused-ring (bicyclic) bond motifs is 1. The Bertz CT molecular complexity index is 1220. The van der Waals surface area contributed by atoms with Crippen LogP contribution in [-0.2, 0) is 4.79 Å². The van der Waals surface area contributed by atoms with E-state index in [1.807, 2.05) is 0 Å². The molecule has 0 bridgehead atoms. The summed E-state index contributed by atoms with van der Waals surface area (Å²) < 4.78 is 32.5. The summed E-state index contributed by atoms with van der Waals surface area (Å²) in [7, 11) is 0. The lowest BCUT2D eigenvalue weighted by Crippen LogP contribution is -2.14. The molecule has 0 saturated heterocycles. The first-order valence-corrected chi connectivity index (χ1v) is 11.5. The monoisotopic (exact) mass is 453 g/mol. The molecule has 32 heavy (non-hydrogen) atoms. The number of nitrogens with zero attached hydrogens (tertiary/aromatic N) is 2. The third-order valence-corrected chi connectivity index (χ3v) is 7.15. The fourth-order valence-electron chi connectivity index (χ4n) is 3.72. The number of benzene rings is 1. The van der Waals surface area contributed by atoms with Gasteiger partial charge in [-0.25, -0.2) is 13.8 Å². The number of pyridine rings is 1. The molecule has 2 aromatic heterocycles. The minimum atomic E-state index is -0.707. The molecule has 3 N–H and O–H groups in total. The number of H-pyrrole nitrogens is 1. The van der Waals surface area contributed by atoms with Crippen LogP contribution < -0.4 is 10.0 Å². The first-order valence-electron chi connectivity index (χ1n) is 10.5. The summed E-state index contributed by atoms with van der Waals surface area (Å²) in [5, 5.41) is 12.4. The van der Waals surface area contributed by atoms with Gasteiger partial charge in [0.05, 0.1) is 6.07 Å². The summed E-state index contributed by atoms with van der Waals surface area (Å²) in [6, 6.07) is 8.17. The zero-order valence-corrected chi connectivity index (χ0v) is 18.0. The van der Waals surface area contributed by atoms with Crippen molar-refractivity contribution in [2.45, 2.75) is 32.1 Å². The van der Waals surface area contributed by atoms with Gasteiger partial charge in [0.1, 0.15) is 17.2 Å². The van der Waals surface area contributed by atoms with Gasteiger partial charge >= 0.3 is 0 Å². The number of nitrogens with one attached hydrogen (secondary N) is 3. The van der Waals surface area contributed by atoms with E-state index in [1.165, 1.54) is 24.1 Å². The Morgan fingerprint density at radius 1 is 1.28 bits per heavy atom. The van der Waals surface area contributed by atoms with Gasteiger partial charge in [-0.05, 0) is 66.5 Å². The molecule has 2 aliphatic rings. The Balaban J connectivity index is 1.40. The summed E-state index contributed by atoms with van der Waals surface area (Å²) in [6.45, 7) is 0. The molecule has 2 saturated carbocycles. The molecule has 1 aromatic carbocycles. The Hall–Kier alpha value is -3.12. The molecule has 6 nitrogen and oxygen atoms in total. The highest BCUT2D eigenvalue weighted by Crippen LogP contribution is 2.50. The summed E-state index contributed by atoms with van der Waals surface area (Å²) in [5.41, 5.74) is 1.22. The van der Waals surface area contributed by atoms with Crippen molar-refractivity contribution < 1.29 is 13.6 Å². The highest BCUT2D eigenvalue weighted by atomic mass is 32.2. The number of nitriles is 1. The third-order valence-electron chi connectivity index (χ3n) is 6.04. The summed E-state index contributed by atoms with van der Waals surface area (Å²) >= 11 is 1.22. The number of aromatic nitrogens is 2. The van der Waals surface area contributed by atoms with E-state index >= 15 is 0 Å². The highest BCUT2D eigenvalue weighted by molar-refractivity contribution is 8.00. The van der Waals surface area contributed by atoms with Crippen molar-refractivity contribution >= 4 is 40.4 Å². The van der Waals surface area contributed by atoms with Crippen molar-refractivity contribution in [1.82, 2.24) is 9.97 Å². The van der Waals surface area contributed by atoms with E-state index < -0.39 is 11.6 Å². The molecule has 0 radical (unpaired) electrons. The molecule has 0 unspecified atom stereocenters. The maximum atomic E-state index is 14.9. The van der Waals surface area contributed by atoms with E-state index in [0.717, 1.165) is 25.7 Å². The quantitative estimate of drug-likeness (QED) is 0.386. The van der Waals surface area contributed by atoms with Crippen molar-refractivity contribution in [1.29, 1.82) is 5.26 Å². The molecule has 1 amide bonds. The van der Waals surface area contributed by atoms with Gasteiger partial charge in [0.2, 0.25) is 5.91 Å². The number of rotatable bonds is 8. The highest BCUT2D eigenvalue weighted by Gasteiger charge is 2.42. The number of hydrogen-bond acceptors (Lipinski definition) is 5. The number of anilines is 2. The van der Waals surface area contributed by atoms with Crippen molar-refractivity contribution in [3.63, 3.8) is 0 Å². The Labute approximate surface area is 187 Å². The molecular formula is C23H21F2N5OS. The SMILES string of the molecule is N#CCC1(CSNc2c(F)cc(-c3cc(NC(=O)C4CC4)nc4[nH]ccc34)cc2F)CC1. The first kappa shape index (κ1) is 20.8. The lowest BCUT2D eigenvalue weighted by atomic mass is 10.0. The molecule has 9 heteroatoms. The number of amides is 1. The first-order chi connectivity index (χ1) is 15.5. The summed E-state index contributed by atoms with van der Waals surface area (Å²) in [6.07, 6.45) is 5.82. The van der Waals surface area contributed by atoms with Gasteiger partial charge in [-0.3, -0.25) is 4.79 Å². The lowest BCUT2D eigenvalue weighted by molar-refractivity contribution is -0.117. The Morgan fingerprint density at radius 2 is 2.03 bits per heavy atom. The van der Waals surface area contributed by atoms with Crippen LogP contribution in [0.3, 0.4) is 0 Å². The predicted octanol–water partition coefficient (Wildman–Crippen LogP) is 5.61. The van der Waals surface area contributed by atoms with E-state index in [1.54, 1.807) is 18.3 Å². The molecular weight excluding hydrogens is 432 g/mol. The van der Waals surface area contributed by atoms with E-state index in [9.17, 15) is 13.6 Å². The normalized spacial score (nSPS) is 16.5. The second kappa shape index (κ2) is 8.10. The van der Waals surface area contributed by atoms with Crippen LogP contribution in [0.1, 0.15) is 32.1 Å². The van der Waals surface area contributed by atoms with Gasteiger partial charge in [0.25, 0.3) is 0 Å². The van der Waals surface area contributed by atoms with Gasteiger partial charge in [-0.15, -0.1) is 0 Å². The van der Waals surface area contributed by atoms with Gasteiger partial charge in [-0.2, -0.15) is 5.26 Å². The minimum Gasteiger partial charge on any atom is -0.346 e. The summed E-state index contributed by atoms with van der Waals surface area (Å²) in [5.74, 6) is -0.519. The van der Waals surface area contributed by atoms with Crippen LogP contribution in [0.4, 0.5) is 20.3 Å². The fourth-order valence-corrected chi connectivity index (χ4v) is 4.83. The van der Waals surface area contributed by atoms with Crippen molar-refractivity contribution in [3.8, 4) is 17.2 Å². The molecule has 2 fully saturated rings. The number of aromatic amines is 1. The van der Waals surface area contributed by atoms with Crippen LogP contribution >= 0.6 is 11.9 Å². The van der Waals surface area contributed by atoms with E-state index in [0.29, 0.717) is 40.2 Å². The molecule has 164 valence electrons. The van der Waals surface area contributed by atoms with Gasteiger partial charge < -0.3 is 15.0 Å². The molecule has 2 heterocycles. The van der Waals surface area contributed by atoms with Gasteiger partial charge in [0.15, 0.2) is 11.6 Å². The smallest absolute Gasteiger partial charge is 0.228 e. The number of carbonyl (C=O) groups excluding carboxylic acids is 1. The maximum absolute atomic E-state index is 14.9. The second-order valence-corrected chi connectivity index (χ2v) is 9.38.